The van der Waals surface area contributed by atoms with Crippen LogP contribution >= 0.6 is 0 Å². The second-order valence-corrected chi connectivity index (χ2v) is 5.32. The Bertz CT molecular complexity index is 709. The Morgan fingerprint density at radius 2 is 1.78 bits per heavy atom. The minimum Gasteiger partial charge on any atom is -0.478 e. The predicted octanol–water partition coefficient (Wildman–Crippen LogP) is 3.89. The third kappa shape index (κ3) is 3.97. The molecule has 1 N–H and O–H groups in total. The number of carboxylic acids is 1. The van der Waals surface area contributed by atoms with Crippen molar-refractivity contribution >= 4 is 17.6 Å². The first-order chi connectivity index (χ1) is 11.1. The quantitative estimate of drug-likeness (QED) is 0.880. The van der Waals surface area contributed by atoms with Crippen molar-refractivity contribution in [1.29, 1.82) is 0 Å². The molecule has 0 aromatic heterocycles. The van der Waals surface area contributed by atoms with E-state index in [1.165, 1.54) is 0 Å². The van der Waals surface area contributed by atoms with Gasteiger partial charge in [-0.05, 0) is 35.7 Å². The van der Waals surface area contributed by atoms with Gasteiger partial charge in [0.1, 0.15) is 0 Å². The molecule has 0 saturated carbocycles. The normalized spacial score (nSPS) is 10.3. The molecule has 4 heteroatoms. The van der Waals surface area contributed by atoms with Crippen molar-refractivity contribution in [3.8, 4) is 0 Å². The summed E-state index contributed by atoms with van der Waals surface area (Å²) in [6.45, 7) is 4.25. The average molecular weight is 311 g/mol. The van der Waals surface area contributed by atoms with Gasteiger partial charge in [0.25, 0.3) is 0 Å². The van der Waals surface area contributed by atoms with Crippen LogP contribution in [-0.4, -0.2) is 17.0 Å². The van der Waals surface area contributed by atoms with Crippen LogP contribution in [-0.2, 0) is 17.8 Å². The Labute approximate surface area is 136 Å². The molecule has 0 aliphatic rings. The summed E-state index contributed by atoms with van der Waals surface area (Å²) in [5.74, 6) is -0.944. The van der Waals surface area contributed by atoms with Crippen molar-refractivity contribution < 1.29 is 14.7 Å². The maximum Gasteiger partial charge on any atom is 0.335 e. The predicted molar refractivity (Wildman–Crippen MR) is 90.7 cm³/mol. The highest BCUT2D eigenvalue weighted by Gasteiger charge is 2.17. The van der Waals surface area contributed by atoms with E-state index in [0.29, 0.717) is 13.0 Å². The average Bonchev–Trinajstić information content (AvgIpc) is 2.59. The van der Waals surface area contributed by atoms with Gasteiger partial charge in [-0.15, -0.1) is 0 Å². The van der Waals surface area contributed by atoms with Crippen molar-refractivity contribution in [1.82, 2.24) is 0 Å². The molecule has 4 nitrogen and oxygen atoms in total. The largest absolute Gasteiger partial charge is 0.478 e. The van der Waals surface area contributed by atoms with Crippen LogP contribution in [0.2, 0.25) is 0 Å². The molecule has 0 unspecified atom stereocenters. The lowest BCUT2D eigenvalue weighted by atomic mass is 10.1. The van der Waals surface area contributed by atoms with E-state index in [2.05, 4.69) is 6.92 Å². The lowest BCUT2D eigenvalue weighted by Gasteiger charge is -2.25. The number of carbonyl (C=O) groups is 2. The van der Waals surface area contributed by atoms with Crippen molar-refractivity contribution in [3.63, 3.8) is 0 Å². The van der Waals surface area contributed by atoms with Crippen LogP contribution in [0.15, 0.2) is 48.5 Å². The van der Waals surface area contributed by atoms with E-state index in [9.17, 15) is 9.59 Å². The molecular formula is C19H21NO3. The second kappa shape index (κ2) is 7.58. The van der Waals surface area contributed by atoms with Crippen molar-refractivity contribution in [2.45, 2.75) is 33.2 Å². The van der Waals surface area contributed by atoms with Crippen LogP contribution in [0.3, 0.4) is 0 Å². The number of hydrogen-bond donors (Lipinski definition) is 1. The number of benzene rings is 2. The maximum atomic E-state index is 12.4. The third-order valence-electron chi connectivity index (χ3n) is 3.78. The first-order valence-corrected chi connectivity index (χ1v) is 7.77. The summed E-state index contributed by atoms with van der Waals surface area (Å²) < 4.78 is 0. The van der Waals surface area contributed by atoms with Gasteiger partial charge in [-0.3, -0.25) is 4.79 Å². The SMILES string of the molecule is CCC(=O)N(Cc1cccc(C(=O)O)c1)c1ccccc1CC. The van der Waals surface area contributed by atoms with Gasteiger partial charge in [-0.2, -0.15) is 0 Å². The number of aromatic carboxylic acids is 1. The summed E-state index contributed by atoms with van der Waals surface area (Å²) in [4.78, 5) is 25.3. The number of amides is 1. The number of carbonyl (C=O) groups excluding carboxylic acids is 1. The Hall–Kier alpha value is -2.62. The topological polar surface area (TPSA) is 57.6 Å². The molecule has 2 rings (SSSR count). The van der Waals surface area contributed by atoms with Crippen LogP contribution in [0.4, 0.5) is 5.69 Å². The molecule has 0 aliphatic carbocycles. The third-order valence-corrected chi connectivity index (χ3v) is 3.78. The van der Waals surface area contributed by atoms with Crippen molar-refractivity contribution in [2.75, 3.05) is 4.90 Å². The molecule has 2 aromatic carbocycles. The van der Waals surface area contributed by atoms with E-state index in [-0.39, 0.29) is 11.5 Å². The van der Waals surface area contributed by atoms with Crippen LogP contribution in [0.25, 0.3) is 0 Å². The summed E-state index contributed by atoms with van der Waals surface area (Å²) in [7, 11) is 0. The van der Waals surface area contributed by atoms with Gasteiger partial charge in [0, 0.05) is 12.1 Å². The number of carboxylic acid groups (broad SMARTS) is 1. The zero-order valence-corrected chi connectivity index (χ0v) is 13.5. The highest BCUT2D eigenvalue weighted by molar-refractivity contribution is 5.94. The molecule has 120 valence electrons. The number of rotatable bonds is 6. The molecular weight excluding hydrogens is 290 g/mol. The summed E-state index contributed by atoms with van der Waals surface area (Å²) >= 11 is 0. The fourth-order valence-electron chi connectivity index (χ4n) is 2.56. The number of anilines is 1. The van der Waals surface area contributed by atoms with Gasteiger partial charge < -0.3 is 10.0 Å². The standard InChI is InChI=1S/C19H21NO3/c1-3-15-9-5-6-11-17(15)20(18(21)4-2)13-14-8-7-10-16(12-14)19(22)23/h5-12H,3-4,13H2,1-2H3,(H,22,23). The lowest BCUT2D eigenvalue weighted by molar-refractivity contribution is -0.118. The Kier molecular flexibility index (Phi) is 5.52. The molecule has 0 radical (unpaired) electrons. The highest BCUT2D eigenvalue weighted by atomic mass is 16.4. The number of aryl methyl sites for hydroxylation is 1. The zero-order chi connectivity index (χ0) is 16.8. The molecule has 0 atom stereocenters. The van der Waals surface area contributed by atoms with Gasteiger partial charge in [0.2, 0.25) is 5.91 Å². The van der Waals surface area contributed by atoms with E-state index in [0.717, 1.165) is 23.2 Å². The van der Waals surface area contributed by atoms with Crippen LogP contribution in [0.1, 0.15) is 41.8 Å². The zero-order valence-electron chi connectivity index (χ0n) is 13.5. The van der Waals surface area contributed by atoms with Crippen LogP contribution in [0.5, 0.6) is 0 Å². The molecule has 23 heavy (non-hydrogen) atoms. The first kappa shape index (κ1) is 16.7. The number of nitrogens with zero attached hydrogens (tertiary/aromatic N) is 1. The molecule has 1 amide bonds. The van der Waals surface area contributed by atoms with Crippen LogP contribution < -0.4 is 4.90 Å². The van der Waals surface area contributed by atoms with E-state index in [1.807, 2.05) is 37.3 Å². The van der Waals surface area contributed by atoms with E-state index >= 15 is 0 Å². The van der Waals surface area contributed by atoms with E-state index < -0.39 is 5.97 Å². The minimum atomic E-state index is -0.964. The van der Waals surface area contributed by atoms with Gasteiger partial charge in [-0.1, -0.05) is 44.2 Å². The van der Waals surface area contributed by atoms with Crippen molar-refractivity contribution in [3.05, 3.63) is 65.2 Å². The van der Waals surface area contributed by atoms with E-state index in [4.69, 9.17) is 5.11 Å². The van der Waals surface area contributed by atoms with Gasteiger partial charge in [0.15, 0.2) is 0 Å². The highest BCUT2D eigenvalue weighted by Crippen LogP contribution is 2.24. The summed E-state index contributed by atoms with van der Waals surface area (Å²) in [6, 6.07) is 14.5. The molecule has 0 bridgehead atoms. The lowest BCUT2D eigenvalue weighted by Crippen LogP contribution is -2.30. The van der Waals surface area contributed by atoms with Crippen molar-refractivity contribution in [2.24, 2.45) is 0 Å². The first-order valence-electron chi connectivity index (χ1n) is 7.77. The van der Waals surface area contributed by atoms with Gasteiger partial charge in [0.05, 0.1) is 12.1 Å². The second-order valence-electron chi connectivity index (χ2n) is 5.32. The Morgan fingerprint density at radius 1 is 1.04 bits per heavy atom. The summed E-state index contributed by atoms with van der Waals surface area (Å²) in [5.41, 5.74) is 3.03. The molecule has 0 fully saturated rings. The van der Waals surface area contributed by atoms with Gasteiger partial charge >= 0.3 is 5.97 Å². The van der Waals surface area contributed by atoms with Gasteiger partial charge in [-0.25, -0.2) is 4.79 Å². The van der Waals surface area contributed by atoms with Crippen LogP contribution in [0, 0.1) is 0 Å². The molecule has 0 spiro atoms. The Morgan fingerprint density at radius 3 is 2.43 bits per heavy atom. The summed E-state index contributed by atoms with van der Waals surface area (Å²) in [5, 5.41) is 9.12. The fourth-order valence-corrected chi connectivity index (χ4v) is 2.56. The molecule has 2 aromatic rings. The number of para-hydroxylation sites is 1. The number of hydrogen-bond acceptors (Lipinski definition) is 2. The molecule has 0 aliphatic heterocycles. The maximum absolute atomic E-state index is 12.4. The minimum absolute atomic E-state index is 0.0200. The van der Waals surface area contributed by atoms with E-state index in [1.54, 1.807) is 23.1 Å². The fraction of sp³-hybridized carbons (Fsp3) is 0.263. The Balaban J connectivity index is 2.38. The molecule has 0 saturated heterocycles. The molecule has 0 heterocycles. The monoisotopic (exact) mass is 311 g/mol. The smallest absolute Gasteiger partial charge is 0.335 e. The summed E-state index contributed by atoms with van der Waals surface area (Å²) in [6.07, 6.45) is 1.23.